The van der Waals surface area contributed by atoms with E-state index in [1.165, 1.54) is 23.6 Å². The molecule has 6 nitrogen and oxygen atoms in total. The number of esters is 1. The molecule has 1 aliphatic carbocycles. The molecule has 0 bridgehead atoms. The number of amides is 1. The Morgan fingerprint density at radius 2 is 2.06 bits per heavy atom. The number of benzene rings is 1. The molecule has 2 aliphatic heterocycles. The SMILES string of the molecule is Cc1csc(-c2ccc(C3(C(=O)N4CCC5(C4)OC(=O)c4cnccc45)CC3)c(F)c2)n1. The van der Waals surface area contributed by atoms with E-state index >= 15 is 4.39 Å². The zero-order valence-electron chi connectivity index (χ0n) is 17.4. The molecule has 1 saturated carbocycles. The van der Waals surface area contributed by atoms with Gasteiger partial charge in [-0.2, -0.15) is 0 Å². The Morgan fingerprint density at radius 1 is 1.22 bits per heavy atom. The minimum absolute atomic E-state index is 0.0929. The van der Waals surface area contributed by atoms with Gasteiger partial charge in [-0.15, -0.1) is 11.3 Å². The van der Waals surface area contributed by atoms with E-state index in [9.17, 15) is 9.59 Å². The van der Waals surface area contributed by atoms with Gasteiger partial charge in [0.1, 0.15) is 10.8 Å². The highest BCUT2D eigenvalue weighted by atomic mass is 32.1. The lowest BCUT2D eigenvalue weighted by Gasteiger charge is -2.27. The average Bonchev–Trinajstić information content (AvgIpc) is 3.15. The summed E-state index contributed by atoms with van der Waals surface area (Å²) in [5.41, 5.74) is 1.64. The molecule has 1 atom stereocenters. The summed E-state index contributed by atoms with van der Waals surface area (Å²) in [6, 6.07) is 6.85. The number of ether oxygens (including phenoxy) is 1. The Morgan fingerprint density at radius 3 is 2.78 bits per heavy atom. The topological polar surface area (TPSA) is 72.4 Å². The maximum absolute atomic E-state index is 15.2. The molecule has 0 radical (unpaired) electrons. The van der Waals surface area contributed by atoms with Crippen LogP contribution in [-0.2, 0) is 20.5 Å². The van der Waals surface area contributed by atoms with Crippen molar-refractivity contribution in [2.75, 3.05) is 13.1 Å². The third kappa shape index (κ3) is 2.75. The molecule has 1 saturated heterocycles. The lowest BCUT2D eigenvalue weighted by molar-refractivity contribution is -0.134. The van der Waals surface area contributed by atoms with Gasteiger partial charge in [0.2, 0.25) is 5.91 Å². The van der Waals surface area contributed by atoms with Crippen LogP contribution in [0.4, 0.5) is 4.39 Å². The summed E-state index contributed by atoms with van der Waals surface area (Å²) in [4.78, 5) is 36.1. The molecule has 2 fully saturated rings. The second kappa shape index (κ2) is 6.68. The molecule has 8 heteroatoms. The van der Waals surface area contributed by atoms with Crippen molar-refractivity contribution in [2.24, 2.45) is 0 Å². The van der Waals surface area contributed by atoms with Gasteiger partial charge in [-0.05, 0) is 31.9 Å². The Hall–Kier alpha value is -3.13. The number of pyridine rings is 1. The third-order valence-corrected chi connectivity index (χ3v) is 7.86. The number of aryl methyl sites for hydroxylation is 1. The van der Waals surface area contributed by atoms with Gasteiger partial charge in [-0.3, -0.25) is 9.78 Å². The standard InChI is InChI=1S/C24H20FN3O3S/c1-14-12-32-20(27-14)15-2-3-18(19(25)10-15)23(5-6-23)22(30)28-9-7-24(13-28)17-4-8-26-11-16(17)21(29)31-24/h2-4,8,10-12H,5-7,9,13H2,1H3. The van der Waals surface area contributed by atoms with Crippen LogP contribution in [0.2, 0.25) is 0 Å². The van der Waals surface area contributed by atoms with Gasteiger partial charge in [0, 0.05) is 53.1 Å². The summed E-state index contributed by atoms with van der Waals surface area (Å²) >= 11 is 1.47. The second-order valence-electron chi connectivity index (χ2n) is 8.85. The highest BCUT2D eigenvalue weighted by Gasteiger charge is 2.58. The van der Waals surface area contributed by atoms with E-state index in [0.717, 1.165) is 21.8 Å². The first-order valence-corrected chi connectivity index (χ1v) is 11.5. The van der Waals surface area contributed by atoms with Gasteiger partial charge in [0.05, 0.1) is 17.5 Å². The van der Waals surface area contributed by atoms with Crippen LogP contribution in [0.15, 0.2) is 42.0 Å². The van der Waals surface area contributed by atoms with Crippen LogP contribution in [0.3, 0.4) is 0 Å². The summed E-state index contributed by atoms with van der Waals surface area (Å²) < 4.78 is 20.9. The summed E-state index contributed by atoms with van der Waals surface area (Å²) in [5.74, 6) is -0.869. The summed E-state index contributed by atoms with van der Waals surface area (Å²) in [7, 11) is 0. The van der Waals surface area contributed by atoms with Crippen LogP contribution in [0.25, 0.3) is 10.6 Å². The third-order valence-electron chi connectivity index (χ3n) is 6.85. The lowest BCUT2D eigenvalue weighted by Crippen LogP contribution is -2.40. The zero-order valence-corrected chi connectivity index (χ0v) is 18.2. The molecule has 3 aliphatic rings. The second-order valence-corrected chi connectivity index (χ2v) is 9.71. The van der Waals surface area contributed by atoms with E-state index in [1.54, 1.807) is 23.2 Å². The van der Waals surface area contributed by atoms with E-state index < -0.39 is 17.0 Å². The highest BCUT2D eigenvalue weighted by molar-refractivity contribution is 7.13. The van der Waals surface area contributed by atoms with Crippen LogP contribution in [0.1, 0.15) is 46.4 Å². The number of thiazole rings is 1. The van der Waals surface area contributed by atoms with Crippen LogP contribution in [0, 0.1) is 12.7 Å². The minimum atomic E-state index is -0.837. The number of aromatic nitrogens is 2. The molecule has 3 aromatic rings. The van der Waals surface area contributed by atoms with Crippen molar-refractivity contribution in [3.05, 3.63) is 70.2 Å². The molecule has 6 rings (SSSR count). The predicted molar refractivity (Wildman–Crippen MR) is 116 cm³/mol. The molecule has 1 amide bonds. The van der Waals surface area contributed by atoms with Gasteiger partial charge >= 0.3 is 5.97 Å². The van der Waals surface area contributed by atoms with Gasteiger partial charge in [-0.25, -0.2) is 14.2 Å². The molecule has 1 spiro atoms. The van der Waals surface area contributed by atoms with Crippen LogP contribution in [0.5, 0.6) is 0 Å². The van der Waals surface area contributed by atoms with Crippen molar-refractivity contribution < 1.29 is 18.7 Å². The van der Waals surface area contributed by atoms with Crippen LogP contribution < -0.4 is 0 Å². The molecular formula is C24H20FN3O3S. The van der Waals surface area contributed by atoms with E-state index in [2.05, 4.69) is 9.97 Å². The Bertz CT molecular complexity index is 1280. The molecule has 1 aromatic carbocycles. The van der Waals surface area contributed by atoms with Gasteiger partial charge in [0.25, 0.3) is 0 Å². The Balaban J connectivity index is 1.28. The van der Waals surface area contributed by atoms with Crippen molar-refractivity contribution in [2.45, 2.75) is 37.2 Å². The number of halogens is 1. The van der Waals surface area contributed by atoms with Crippen molar-refractivity contribution in [1.82, 2.24) is 14.9 Å². The monoisotopic (exact) mass is 449 g/mol. The smallest absolute Gasteiger partial charge is 0.341 e. The first-order valence-electron chi connectivity index (χ1n) is 10.6. The summed E-state index contributed by atoms with van der Waals surface area (Å²) in [6.07, 6.45) is 4.91. The van der Waals surface area contributed by atoms with E-state index in [4.69, 9.17) is 4.74 Å². The van der Waals surface area contributed by atoms with E-state index in [-0.39, 0.29) is 18.3 Å². The van der Waals surface area contributed by atoms with Crippen molar-refractivity contribution in [3.63, 3.8) is 0 Å². The van der Waals surface area contributed by atoms with Gasteiger partial charge in [0.15, 0.2) is 5.60 Å². The maximum atomic E-state index is 15.2. The quantitative estimate of drug-likeness (QED) is 0.566. The fourth-order valence-electron chi connectivity index (χ4n) is 5.05. The highest BCUT2D eigenvalue weighted by Crippen LogP contribution is 2.53. The molecule has 4 heterocycles. The number of rotatable bonds is 3. The van der Waals surface area contributed by atoms with E-state index in [0.29, 0.717) is 36.9 Å². The fraction of sp³-hybridized carbons (Fsp3) is 0.333. The normalized spacial score (nSPS) is 22.8. The number of carbonyl (C=O) groups excluding carboxylic acids is 2. The first-order chi connectivity index (χ1) is 15.4. The molecule has 2 aromatic heterocycles. The Labute approximate surface area is 188 Å². The predicted octanol–water partition coefficient (Wildman–Crippen LogP) is 3.98. The molecule has 32 heavy (non-hydrogen) atoms. The number of nitrogens with zero attached hydrogens (tertiary/aromatic N) is 3. The number of carbonyl (C=O) groups is 2. The van der Waals surface area contributed by atoms with Crippen LogP contribution in [-0.4, -0.2) is 39.8 Å². The fourth-order valence-corrected chi connectivity index (χ4v) is 5.84. The summed E-state index contributed by atoms with van der Waals surface area (Å²) in [5, 5.41) is 2.70. The lowest BCUT2D eigenvalue weighted by atomic mass is 9.91. The number of hydrogen-bond acceptors (Lipinski definition) is 6. The summed E-state index contributed by atoms with van der Waals surface area (Å²) in [6.45, 7) is 2.66. The zero-order chi connectivity index (χ0) is 22.1. The van der Waals surface area contributed by atoms with Crippen LogP contribution >= 0.6 is 11.3 Å². The largest absolute Gasteiger partial charge is 0.449 e. The molecular weight excluding hydrogens is 429 g/mol. The first kappa shape index (κ1) is 19.5. The van der Waals surface area contributed by atoms with E-state index in [1.807, 2.05) is 18.4 Å². The van der Waals surface area contributed by atoms with Crippen molar-refractivity contribution in [1.29, 1.82) is 0 Å². The van der Waals surface area contributed by atoms with Crippen molar-refractivity contribution in [3.8, 4) is 10.6 Å². The van der Waals surface area contributed by atoms with Gasteiger partial charge < -0.3 is 9.64 Å². The minimum Gasteiger partial charge on any atom is -0.449 e. The van der Waals surface area contributed by atoms with Crippen molar-refractivity contribution >= 4 is 23.2 Å². The Kier molecular flexibility index (Phi) is 4.08. The van der Waals surface area contributed by atoms with Gasteiger partial charge in [-0.1, -0.05) is 12.1 Å². The molecule has 0 N–H and O–H groups in total. The molecule has 1 unspecified atom stereocenters. The number of likely N-dealkylation sites (tertiary alicyclic amines) is 1. The number of fused-ring (bicyclic) bond motifs is 2. The maximum Gasteiger partial charge on any atom is 0.341 e. The average molecular weight is 450 g/mol. The molecule has 162 valence electrons. The number of hydrogen-bond donors (Lipinski definition) is 0.